The van der Waals surface area contributed by atoms with Crippen molar-refractivity contribution < 1.29 is 28.3 Å². The van der Waals surface area contributed by atoms with Crippen molar-refractivity contribution in [1.29, 1.82) is 0 Å². The average Bonchev–Trinajstić information content (AvgIpc) is 3.98. The van der Waals surface area contributed by atoms with E-state index in [4.69, 9.17) is 4.74 Å². The number of methoxy groups -OCH3 is 1. The number of pyridine rings is 2. The third-order valence-corrected chi connectivity index (χ3v) is 13.5. The lowest BCUT2D eigenvalue weighted by Crippen LogP contribution is -2.39. The summed E-state index contributed by atoms with van der Waals surface area (Å²) in [5.74, 6) is 1.29. The van der Waals surface area contributed by atoms with Crippen molar-refractivity contribution in [3.05, 3.63) is 125 Å². The third-order valence-electron chi connectivity index (χ3n) is 12.4. The second kappa shape index (κ2) is 22.5. The van der Waals surface area contributed by atoms with Gasteiger partial charge in [-0.25, -0.2) is 4.39 Å². The molecule has 3 N–H and O–H groups in total. The molecule has 2 aliphatic heterocycles. The molecule has 0 radical (unpaired) electrons. The van der Waals surface area contributed by atoms with Crippen LogP contribution >= 0.6 is 11.3 Å². The number of unbranched alkanes of at least 4 members (excludes halogenated alkanes) is 2. The Hall–Kier alpha value is -6.15. The molecule has 0 aliphatic carbocycles. The number of fused-ring (bicyclic) bond motifs is 2. The number of nitrogens with zero attached hydrogens (tertiary/aromatic N) is 4. The van der Waals surface area contributed by atoms with Crippen LogP contribution in [0.25, 0.3) is 21.0 Å². The van der Waals surface area contributed by atoms with Gasteiger partial charge in [-0.15, -0.1) is 11.3 Å². The van der Waals surface area contributed by atoms with E-state index in [1.807, 2.05) is 47.4 Å². The molecule has 8 rings (SSSR count). The number of amides is 4. The van der Waals surface area contributed by atoms with Gasteiger partial charge >= 0.3 is 0 Å². The molecule has 2 saturated heterocycles. The summed E-state index contributed by atoms with van der Waals surface area (Å²) < 4.78 is 20.5. The first-order chi connectivity index (χ1) is 31.2. The number of hydrogen-bond donors (Lipinski definition) is 3. The molecule has 4 amide bonds. The molecule has 4 aromatic heterocycles. The number of H-pyrrole nitrogens is 1. The lowest BCUT2D eigenvalue weighted by atomic mass is 9.91. The van der Waals surface area contributed by atoms with Crippen LogP contribution in [0.15, 0.2) is 91.5 Å². The molecule has 64 heavy (non-hydrogen) atoms. The number of ether oxygens (including phenoxy) is 1. The molecular formula is C50H58FN7O5S. The number of thiophene rings is 1. The van der Waals surface area contributed by atoms with Crippen LogP contribution in [-0.2, 0) is 0 Å². The molecule has 0 spiro atoms. The number of aromatic nitrogens is 3. The second-order valence-corrected chi connectivity index (χ2v) is 17.9. The van der Waals surface area contributed by atoms with Gasteiger partial charge in [-0.2, -0.15) is 0 Å². The topological polar surface area (TPSA) is 150 Å². The molecule has 0 bridgehead atoms. The molecule has 14 heteroatoms. The zero-order valence-electron chi connectivity index (χ0n) is 36.7. The number of nitrogens with one attached hydrogen (secondary N) is 3. The van der Waals surface area contributed by atoms with Gasteiger partial charge in [0.15, 0.2) is 0 Å². The average molecular weight is 888 g/mol. The zero-order chi connectivity index (χ0) is 44.8. The number of rotatable bonds is 15. The standard InChI is InChI=1S/C25H29FN4O2.C25H29N3O3S/c1-17-5-4-7-20(23(17)26)25(32)30-13-9-18(10-14-30)6-2-3-11-28-24(31)22-15-19-16-27-12-8-21(19)29-22;1-31-21-7-4-6-20(15-21)25(30)28-13-9-18(10-14-28)5-2-3-11-27-24(29)22-16-19-8-12-26-17-23(19)32-22/h4-5,7-8,12,15-16,18,29H,2-3,6,9-11,13-14H2,1H3,(H,28,31);4,6-8,12,15-18H,2-3,5,9-11,13-14H2,1H3,(H,27,29). The molecule has 6 heterocycles. The predicted molar refractivity (Wildman–Crippen MR) is 249 cm³/mol. The van der Waals surface area contributed by atoms with Crippen LogP contribution in [0.4, 0.5) is 4.39 Å². The van der Waals surface area contributed by atoms with E-state index in [0.717, 1.165) is 103 Å². The SMILES string of the molecule is COc1cccc(C(=O)N2CCC(CCCCNC(=O)c3cc4ccncc4s3)CC2)c1.Cc1cccc(C(=O)N2CCC(CCCCNC(=O)c3cc4cnccc4[nH]3)CC2)c1F. The van der Waals surface area contributed by atoms with Crippen molar-refractivity contribution >= 4 is 56.0 Å². The van der Waals surface area contributed by atoms with Crippen LogP contribution in [-0.4, -0.2) is 94.8 Å². The van der Waals surface area contributed by atoms with E-state index in [1.54, 1.807) is 68.0 Å². The van der Waals surface area contributed by atoms with Gasteiger partial charge in [0.05, 0.1) is 22.3 Å². The Balaban J connectivity index is 0.000000191. The molecule has 0 saturated carbocycles. The number of halogens is 1. The highest BCUT2D eigenvalue weighted by Crippen LogP contribution is 2.27. The quantitative estimate of drug-likeness (QED) is 0.0871. The number of aryl methyl sites for hydroxylation is 1. The Labute approximate surface area is 378 Å². The highest BCUT2D eigenvalue weighted by Gasteiger charge is 2.26. The fourth-order valence-electron chi connectivity index (χ4n) is 8.56. The number of carbonyl (C=O) groups is 4. The summed E-state index contributed by atoms with van der Waals surface area (Å²) in [6.07, 6.45) is 17.2. The number of likely N-dealkylation sites (tertiary alicyclic amines) is 2. The van der Waals surface area contributed by atoms with Crippen molar-refractivity contribution in [2.75, 3.05) is 46.4 Å². The predicted octanol–water partition coefficient (Wildman–Crippen LogP) is 9.22. The van der Waals surface area contributed by atoms with E-state index >= 15 is 0 Å². The Morgan fingerprint density at radius 3 is 2.06 bits per heavy atom. The minimum Gasteiger partial charge on any atom is -0.497 e. The first-order valence-corrected chi connectivity index (χ1v) is 23.3. The number of benzene rings is 2. The monoisotopic (exact) mass is 887 g/mol. The van der Waals surface area contributed by atoms with E-state index in [1.165, 1.54) is 11.3 Å². The molecular weight excluding hydrogens is 830 g/mol. The third kappa shape index (κ3) is 12.1. The van der Waals surface area contributed by atoms with E-state index in [9.17, 15) is 23.6 Å². The Morgan fingerprint density at radius 1 is 0.750 bits per heavy atom. The molecule has 336 valence electrons. The molecule has 12 nitrogen and oxygen atoms in total. The summed E-state index contributed by atoms with van der Waals surface area (Å²) in [4.78, 5) is 65.8. The second-order valence-electron chi connectivity index (χ2n) is 16.8. The summed E-state index contributed by atoms with van der Waals surface area (Å²) in [7, 11) is 1.61. The van der Waals surface area contributed by atoms with Gasteiger partial charge in [-0.1, -0.05) is 43.9 Å². The van der Waals surface area contributed by atoms with Gasteiger partial charge in [-0.3, -0.25) is 29.1 Å². The normalized spacial score (nSPS) is 14.5. The van der Waals surface area contributed by atoms with Gasteiger partial charge in [0, 0.05) is 80.5 Å². The minimum atomic E-state index is -0.411. The summed E-state index contributed by atoms with van der Waals surface area (Å²) in [6.45, 7) is 5.95. The number of hydrogen-bond acceptors (Lipinski definition) is 8. The van der Waals surface area contributed by atoms with E-state index in [0.29, 0.717) is 60.6 Å². The summed E-state index contributed by atoms with van der Waals surface area (Å²) in [5.41, 5.74) is 2.81. The number of piperidine rings is 2. The van der Waals surface area contributed by atoms with Crippen LogP contribution in [0.5, 0.6) is 5.75 Å². The molecule has 0 atom stereocenters. The fraction of sp³-hybridized carbons (Fsp3) is 0.400. The number of carbonyl (C=O) groups excluding carboxylic acids is 4. The van der Waals surface area contributed by atoms with Crippen molar-refractivity contribution in [3.63, 3.8) is 0 Å². The van der Waals surface area contributed by atoms with Crippen LogP contribution in [0.2, 0.25) is 0 Å². The fourth-order valence-corrected chi connectivity index (χ4v) is 9.51. The van der Waals surface area contributed by atoms with Gasteiger partial charge in [-0.05, 0) is 117 Å². The molecule has 6 aromatic rings. The van der Waals surface area contributed by atoms with Crippen LogP contribution < -0.4 is 15.4 Å². The first kappa shape index (κ1) is 45.9. The summed E-state index contributed by atoms with van der Waals surface area (Å²) in [6, 6.07) is 19.9. The minimum absolute atomic E-state index is 0.00411. The lowest BCUT2D eigenvalue weighted by molar-refractivity contribution is 0.0675. The first-order valence-electron chi connectivity index (χ1n) is 22.5. The van der Waals surface area contributed by atoms with Crippen molar-refractivity contribution in [2.45, 2.75) is 71.1 Å². The maximum absolute atomic E-state index is 14.3. The maximum Gasteiger partial charge on any atom is 0.267 e. The van der Waals surface area contributed by atoms with Crippen molar-refractivity contribution in [1.82, 2.24) is 35.4 Å². The largest absolute Gasteiger partial charge is 0.497 e. The van der Waals surface area contributed by atoms with Crippen molar-refractivity contribution in [2.24, 2.45) is 11.8 Å². The molecule has 2 fully saturated rings. The molecule has 0 unspecified atom stereocenters. The van der Waals surface area contributed by atoms with E-state index in [2.05, 4.69) is 25.6 Å². The summed E-state index contributed by atoms with van der Waals surface area (Å²) >= 11 is 1.48. The van der Waals surface area contributed by atoms with Crippen LogP contribution in [0, 0.1) is 24.6 Å². The van der Waals surface area contributed by atoms with E-state index < -0.39 is 5.82 Å². The Kier molecular flexibility index (Phi) is 16.1. The smallest absolute Gasteiger partial charge is 0.267 e. The van der Waals surface area contributed by atoms with Gasteiger partial charge in [0.1, 0.15) is 17.3 Å². The van der Waals surface area contributed by atoms with Gasteiger partial charge < -0.3 is 30.2 Å². The van der Waals surface area contributed by atoms with Gasteiger partial charge in [0.2, 0.25) is 0 Å². The number of aromatic amines is 1. The molecule has 2 aromatic carbocycles. The molecule has 2 aliphatic rings. The van der Waals surface area contributed by atoms with E-state index in [-0.39, 0.29) is 29.2 Å². The highest BCUT2D eigenvalue weighted by atomic mass is 32.1. The van der Waals surface area contributed by atoms with Crippen LogP contribution in [0.1, 0.15) is 111 Å². The van der Waals surface area contributed by atoms with Crippen molar-refractivity contribution in [3.8, 4) is 5.75 Å². The zero-order valence-corrected chi connectivity index (χ0v) is 37.6. The summed E-state index contributed by atoms with van der Waals surface area (Å²) in [5, 5.41) is 7.99. The van der Waals surface area contributed by atoms with Crippen LogP contribution in [0.3, 0.4) is 0 Å². The Bertz CT molecular complexity index is 2460. The lowest BCUT2D eigenvalue weighted by Gasteiger charge is -2.32. The Morgan fingerprint density at radius 2 is 1.39 bits per heavy atom. The van der Waals surface area contributed by atoms with Gasteiger partial charge in [0.25, 0.3) is 23.6 Å². The highest BCUT2D eigenvalue weighted by molar-refractivity contribution is 7.20. The maximum atomic E-state index is 14.3.